The van der Waals surface area contributed by atoms with Crippen molar-refractivity contribution in [2.75, 3.05) is 20.1 Å². The van der Waals surface area contributed by atoms with Crippen LogP contribution >= 0.6 is 24.0 Å². The third-order valence-corrected chi connectivity index (χ3v) is 5.07. The van der Waals surface area contributed by atoms with Crippen LogP contribution in [-0.4, -0.2) is 51.8 Å². The van der Waals surface area contributed by atoms with E-state index in [1.807, 2.05) is 31.3 Å². The third kappa shape index (κ3) is 3.52. The normalized spacial score (nSPS) is 19.5. The number of likely N-dealkylation sites (N-methyl/N-ethyl adjacent to an activating group) is 1. The molecule has 1 aliphatic heterocycles. The SMILES string of the molecule is CN(C(=O)c1nc(C2CC2)n(-c2ccccc2Cl)n1)C1CCNC1.Cl. The minimum absolute atomic E-state index is 0. The van der Waals surface area contributed by atoms with Gasteiger partial charge in [0.1, 0.15) is 5.82 Å². The van der Waals surface area contributed by atoms with Gasteiger partial charge in [0.2, 0.25) is 5.82 Å². The van der Waals surface area contributed by atoms with Crippen molar-refractivity contribution < 1.29 is 4.79 Å². The van der Waals surface area contributed by atoms with Crippen LogP contribution in [0, 0.1) is 0 Å². The van der Waals surface area contributed by atoms with Crippen LogP contribution in [-0.2, 0) is 0 Å². The Balaban J connectivity index is 0.00000182. The molecule has 2 heterocycles. The first-order valence-corrected chi connectivity index (χ1v) is 8.72. The highest BCUT2D eigenvalue weighted by Gasteiger charge is 2.33. The van der Waals surface area contributed by atoms with Crippen molar-refractivity contribution in [1.82, 2.24) is 25.0 Å². The highest BCUT2D eigenvalue weighted by Crippen LogP contribution is 2.40. The maximum absolute atomic E-state index is 12.8. The molecule has 1 atom stereocenters. The first-order valence-electron chi connectivity index (χ1n) is 8.35. The van der Waals surface area contributed by atoms with Gasteiger partial charge in [-0.25, -0.2) is 9.67 Å². The standard InChI is InChI=1S/C17H20ClN5O.ClH/c1-22(12-8-9-19-10-12)17(24)15-20-16(11-6-7-11)23(21-15)14-5-3-2-4-13(14)18;/h2-5,11-12,19H,6-10H2,1H3;1H. The zero-order chi connectivity index (χ0) is 16.7. The van der Waals surface area contributed by atoms with Gasteiger partial charge >= 0.3 is 0 Å². The molecule has 1 amide bonds. The molecule has 1 aromatic carbocycles. The third-order valence-electron chi connectivity index (χ3n) is 4.75. The summed E-state index contributed by atoms with van der Waals surface area (Å²) in [6.07, 6.45) is 3.13. The molecule has 8 heteroatoms. The summed E-state index contributed by atoms with van der Waals surface area (Å²) in [5.74, 6) is 1.33. The van der Waals surface area contributed by atoms with E-state index in [9.17, 15) is 4.79 Å². The molecular formula is C17H21Cl2N5O. The first-order chi connectivity index (χ1) is 11.6. The average Bonchev–Trinajstić information content (AvgIpc) is 3.12. The lowest BCUT2D eigenvalue weighted by Gasteiger charge is -2.22. The Kier molecular flexibility index (Phi) is 5.32. The van der Waals surface area contributed by atoms with Gasteiger partial charge in [0.25, 0.3) is 5.91 Å². The molecule has 4 rings (SSSR count). The number of para-hydroxylation sites is 1. The molecule has 2 aromatic rings. The van der Waals surface area contributed by atoms with Crippen molar-refractivity contribution in [1.29, 1.82) is 0 Å². The van der Waals surface area contributed by atoms with Crippen molar-refractivity contribution in [3.05, 3.63) is 40.9 Å². The van der Waals surface area contributed by atoms with E-state index in [2.05, 4.69) is 15.4 Å². The molecule has 1 aliphatic carbocycles. The lowest BCUT2D eigenvalue weighted by molar-refractivity contribution is 0.0731. The van der Waals surface area contributed by atoms with E-state index < -0.39 is 0 Å². The van der Waals surface area contributed by atoms with Crippen LogP contribution in [0.1, 0.15) is 41.6 Å². The number of benzene rings is 1. The zero-order valence-corrected chi connectivity index (χ0v) is 15.6. The molecule has 134 valence electrons. The van der Waals surface area contributed by atoms with Gasteiger partial charge in [-0.1, -0.05) is 23.7 Å². The van der Waals surface area contributed by atoms with Crippen LogP contribution in [0.4, 0.5) is 0 Å². The first kappa shape index (κ1) is 18.2. The Morgan fingerprint density at radius 2 is 2.08 bits per heavy atom. The number of amides is 1. The summed E-state index contributed by atoms with van der Waals surface area (Å²) in [7, 11) is 1.83. The number of hydrogen-bond acceptors (Lipinski definition) is 4. The fourth-order valence-electron chi connectivity index (χ4n) is 3.11. The van der Waals surface area contributed by atoms with Crippen LogP contribution < -0.4 is 5.32 Å². The Hall–Kier alpha value is -1.63. The quantitative estimate of drug-likeness (QED) is 0.883. The molecule has 2 aliphatic rings. The van der Waals surface area contributed by atoms with E-state index in [4.69, 9.17) is 11.6 Å². The molecule has 2 fully saturated rings. The maximum Gasteiger partial charge on any atom is 0.293 e. The van der Waals surface area contributed by atoms with Crippen LogP contribution in [0.3, 0.4) is 0 Å². The van der Waals surface area contributed by atoms with E-state index in [1.165, 1.54) is 0 Å². The van der Waals surface area contributed by atoms with Crippen LogP contribution in [0.15, 0.2) is 24.3 Å². The molecule has 1 unspecified atom stereocenters. The van der Waals surface area contributed by atoms with Gasteiger partial charge in [0, 0.05) is 25.6 Å². The number of aromatic nitrogens is 3. The Morgan fingerprint density at radius 3 is 2.72 bits per heavy atom. The summed E-state index contributed by atoms with van der Waals surface area (Å²) in [5.41, 5.74) is 0.776. The zero-order valence-electron chi connectivity index (χ0n) is 14.0. The molecule has 0 spiro atoms. The Labute approximate surface area is 158 Å². The predicted octanol–water partition coefficient (Wildman–Crippen LogP) is 2.65. The molecule has 0 radical (unpaired) electrons. The molecule has 1 aromatic heterocycles. The minimum Gasteiger partial charge on any atom is -0.335 e. The number of carbonyl (C=O) groups is 1. The second-order valence-electron chi connectivity index (χ2n) is 6.49. The molecular weight excluding hydrogens is 361 g/mol. The van der Waals surface area contributed by atoms with Crippen LogP contribution in [0.25, 0.3) is 5.69 Å². The molecule has 0 bridgehead atoms. The minimum atomic E-state index is -0.128. The van der Waals surface area contributed by atoms with Crippen molar-refractivity contribution in [2.24, 2.45) is 0 Å². The van der Waals surface area contributed by atoms with Crippen molar-refractivity contribution in [2.45, 2.75) is 31.2 Å². The Morgan fingerprint density at radius 1 is 1.32 bits per heavy atom. The van der Waals surface area contributed by atoms with Gasteiger partial charge in [-0.2, -0.15) is 0 Å². The number of nitrogens with zero attached hydrogens (tertiary/aromatic N) is 4. The molecule has 25 heavy (non-hydrogen) atoms. The largest absolute Gasteiger partial charge is 0.335 e. The fraction of sp³-hybridized carbons (Fsp3) is 0.471. The number of halogens is 2. The fourth-order valence-corrected chi connectivity index (χ4v) is 3.33. The van der Waals surface area contributed by atoms with Gasteiger partial charge < -0.3 is 10.2 Å². The van der Waals surface area contributed by atoms with E-state index in [0.717, 1.165) is 43.9 Å². The summed E-state index contributed by atoms with van der Waals surface area (Å²) >= 11 is 6.32. The Bertz CT molecular complexity index is 768. The monoisotopic (exact) mass is 381 g/mol. The summed E-state index contributed by atoms with van der Waals surface area (Å²) in [6, 6.07) is 7.73. The van der Waals surface area contributed by atoms with Gasteiger partial charge in [0.05, 0.1) is 10.7 Å². The number of nitrogens with one attached hydrogen (secondary N) is 1. The second-order valence-corrected chi connectivity index (χ2v) is 6.90. The molecule has 1 N–H and O–H groups in total. The summed E-state index contributed by atoms with van der Waals surface area (Å²) in [6.45, 7) is 1.76. The summed E-state index contributed by atoms with van der Waals surface area (Å²) < 4.78 is 1.74. The lowest BCUT2D eigenvalue weighted by Crippen LogP contribution is -2.38. The van der Waals surface area contributed by atoms with Crippen LogP contribution in [0.2, 0.25) is 5.02 Å². The summed E-state index contributed by atoms with van der Waals surface area (Å²) in [4.78, 5) is 19.1. The van der Waals surface area contributed by atoms with Crippen LogP contribution in [0.5, 0.6) is 0 Å². The molecule has 6 nitrogen and oxygen atoms in total. The number of hydrogen-bond donors (Lipinski definition) is 1. The predicted molar refractivity (Wildman–Crippen MR) is 99.0 cm³/mol. The highest BCUT2D eigenvalue weighted by molar-refractivity contribution is 6.32. The van der Waals surface area contributed by atoms with E-state index in [1.54, 1.807) is 9.58 Å². The van der Waals surface area contributed by atoms with Crippen molar-refractivity contribution >= 4 is 29.9 Å². The highest BCUT2D eigenvalue weighted by atomic mass is 35.5. The van der Waals surface area contributed by atoms with Gasteiger partial charge in [-0.3, -0.25) is 4.79 Å². The second kappa shape index (κ2) is 7.32. The topological polar surface area (TPSA) is 63.1 Å². The lowest BCUT2D eigenvalue weighted by atomic mass is 10.2. The van der Waals surface area contributed by atoms with E-state index in [-0.39, 0.29) is 30.2 Å². The van der Waals surface area contributed by atoms with Gasteiger partial charge in [-0.05, 0) is 37.9 Å². The molecule has 1 saturated carbocycles. The average molecular weight is 382 g/mol. The van der Waals surface area contributed by atoms with Crippen molar-refractivity contribution in [3.8, 4) is 5.69 Å². The van der Waals surface area contributed by atoms with Gasteiger partial charge in [-0.15, -0.1) is 17.5 Å². The van der Waals surface area contributed by atoms with E-state index >= 15 is 0 Å². The maximum atomic E-state index is 12.8. The summed E-state index contributed by atoms with van der Waals surface area (Å²) in [5, 5.41) is 8.39. The van der Waals surface area contributed by atoms with Gasteiger partial charge in [0.15, 0.2) is 0 Å². The number of carbonyl (C=O) groups excluding carboxylic acids is 1. The number of rotatable bonds is 4. The smallest absolute Gasteiger partial charge is 0.293 e. The van der Waals surface area contributed by atoms with E-state index in [0.29, 0.717) is 10.9 Å². The van der Waals surface area contributed by atoms with Crippen molar-refractivity contribution in [3.63, 3.8) is 0 Å². The molecule has 1 saturated heterocycles.